The fourth-order valence-corrected chi connectivity index (χ4v) is 5.30. The highest BCUT2D eigenvalue weighted by Crippen LogP contribution is 2.34. The summed E-state index contributed by atoms with van der Waals surface area (Å²) in [6, 6.07) is 7.70. The standard InChI is InChI=1S/C16H16N6O4S3/c17-29(25,26)11-3-4-12(13(10-11)22(23)24)20-5-7-21(8-6-20)16-19-18-15(28-16)14-2-1-9-27-14/h1-4,9-10H,5-8H2,(H2,17,25,26). The van der Waals surface area contributed by atoms with Crippen LogP contribution in [0.4, 0.5) is 16.5 Å². The minimum atomic E-state index is -4.01. The van der Waals surface area contributed by atoms with Crippen molar-refractivity contribution in [2.75, 3.05) is 36.0 Å². The van der Waals surface area contributed by atoms with Crippen LogP contribution >= 0.6 is 22.7 Å². The molecule has 1 aliphatic rings. The summed E-state index contributed by atoms with van der Waals surface area (Å²) in [7, 11) is -4.01. The summed E-state index contributed by atoms with van der Waals surface area (Å²) >= 11 is 3.12. The van der Waals surface area contributed by atoms with E-state index in [1.54, 1.807) is 11.3 Å². The SMILES string of the molecule is NS(=O)(=O)c1ccc(N2CCN(c3nnc(-c4cccs4)s3)CC2)c([N+](=O)[O-])c1. The topological polar surface area (TPSA) is 136 Å². The number of piperazine rings is 1. The Kier molecular flexibility index (Phi) is 5.21. The van der Waals surface area contributed by atoms with Crippen molar-refractivity contribution in [3.05, 3.63) is 45.8 Å². The van der Waals surface area contributed by atoms with Crippen LogP contribution in [0.5, 0.6) is 0 Å². The van der Waals surface area contributed by atoms with E-state index in [2.05, 4.69) is 15.1 Å². The number of anilines is 2. The van der Waals surface area contributed by atoms with E-state index in [0.29, 0.717) is 31.9 Å². The minimum absolute atomic E-state index is 0.276. The van der Waals surface area contributed by atoms with E-state index >= 15 is 0 Å². The van der Waals surface area contributed by atoms with Crippen molar-refractivity contribution in [2.24, 2.45) is 5.14 Å². The number of nitrogens with zero attached hydrogens (tertiary/aromatic N) is 5. The van der Waals surface area contributed by atoms with Crippen LogP contribution in [0.3, 0.4) is 0 Å². The number of nitro benzene ring substituents is 1. The first-order chi connectivity index (χ1) is 13.8. The van der Waals surface area contributed by atoms with Crippen LogP contribution in [0.2, 0.25) is 0 Å². The molecule has 1 aliphatic heterocycles. The van der Waals surface area contributed by atoms with Gasteiger partial charge in [-0.25, -0.2) is 13.6 Å². The van der Waals surface area contributed by atoms with Gasteiger partial charge >= 0.3 is 0 Å². The van der Waals surface area contributed by atoms with E-state index in [1.165, 1.54) is 23.5 Å². The molecule has 3 aromatic rings. The number of nitrogens with two attached hydrogens (primary N) is 1. The normalized spacial score (nSPS) is 14.9. The van der Waals surface area contributed by atoms with Gasteiger partial charge in [-0.2, -0.15) is 0 Å². The van der Waals surface area contributed by atoms with Crippen LogP contribution in [-0.2, 0) is 10.0 Å². The molecule has 3 heterocycles. The average molecular weight is 453 g/mol. The van der Waals surface area contributed by atoms with Gasteiger partial charge in [0.25, 0.3) is 5.69 Å². The Hall–Kier alpha value is -2.61. The van der Waals surface area contributed by atoms with Gasteiger partial charge in [0, 0.05) is 32.2 Å². The second-order valence-corrected chi connectivity index (χ2v) is 9.76. The maximum atomic E-state index is 11.5. The fraction of sp³-hybridized carbons (Fsp3) is 0.250. The lowest BCUT2D eigenvalue weighted by atomic mass is 10.2. The lowest BCUT2D eigenvalue weighted by Gasteiger charge is -2.35. The molecule has 2 aromatic heterocycles. The lowest BCUT2D eigenvalue weighted by molar-refractivity contribution is -0.384. The molecule has 152 valence electrons. The second-order valence-electron chi connectivity index (χ2n) is 6.29. The Balaban J connectivity index is 1.50. The molecule has 10 nitrogen and oxygen atoms in total. The molecule has 4 rings (SSSR count). The summed E-state index contributed by atoms with van der Waals surface area (Å²) in [4.78, 5) is 15.6. The predicted molar refractivity (Wildman–Crippen MR) is 112 cm³/mol. The Morgan fingerprint density at radius 1 is 1.10 bits per heavy atom. The third kappa shape index (κ3) is 4.07. The van der Waals surface area contributed by atoms with Crippen molar-refractivity contribution in [1.29, 1.82) is 0 Å². The number of aromatic nitrogens is 2. The lowest BCUT2D eigenvalue weighted by Crippen LogP contribution is -2.46. The number of sulfonamides is 1. The monoisotopic (exact) mass is 452 g/mol. The molecule has 2 N–H and O–H groups in total. The Bertz CT molecular complexity index is 1140. The molecule has 0 unspecified atom stereocenters. The molecule has 0 saturated carbocycles. The van der Waals surface area contributed by atoms with Gasteiger partial charge in [0.15, 0.2) is 5.01 Å². The van der Waals surface area contributed by atoms with E-state index in [4.69, 9.17) is 5.14 Å². The van der Waals surface area contributed by atoms with E-state index in [0.717, 1.165) is 21.1 Å². The van der Waals surface area contributed by atoms with Gasteiger partial charge in [-0.3, -0.25) is 10.1 Å². The zero-order valence-corrected chi connectivity index (χ0v) is 17.4. The van der Waals surface area contributed by atoms with Crippen molar-refractivity contribution in [3.8, 4) is 9.88 Å². The average Bonchev–Trinajstić information content (AvgIpc) is 3.38. The highest BCUT2D eigenvalue weighted by Gasteiger charge is 2.27. The molecule has 0 atom stereocenters. The van der Waals surface area contributed by atoms with Crippen molar-refractivity contribution in [1.82, 2.24) is 10.2 Å². The van der Waals surface area contributed by atoms with E-state index in [-0.39, 0.29) is 10.6 Å². The highest BCUT2D eigenvalue weighted by atomic mass is 32.2. The van der Waals surface area contributed by atoms with Crippen LogP contribution < -0.4 is 14.9 Å². The number of hydrogen-bond acceptors (Lipinski definition) is 10. The third-order valence-corrected chi connectivity index (χ3v) is 7.44. The first-order valence-corrected chi connectivity index (χ1v) is 11.8. The number of hydrogen-bond donors (Lipinski definition) is 1. The van der Waals surface area contributed by atoms with Crippen molar-refractivity contribution in [2.45, 2.75) is 4.90 Å². The van der Waals surface area contributed by atoms with E-state index < -0.39 is 14.9 Å². The second kappa shape index (κ2) is 7.67. The third-order valence-electron chi connectivity index (χ3n) is 4.51. The first-order valence-electron chi connectivity index (χ1n) is 8.51. The molecular formula is C16H16N6O4S3. The summed E-state index contributed by atoms with van der Waals surface area (Å²) in [5.41, 5.74) is 0.0967. The molecule has 0 amide bonds. The Morgan fingerprint density at radius 3 is 2.45 bits per heavy atom. The van der Waals surface area contributed by atoms with Crippen LogP contribution in [0, 0.1) is 10.1 Å². The smallest absolute Gasteiger partial charge is 0.293 e. The van der Waals surface area contributed by atoms with Crippen molar-refractivity contribution in [3.63, 3.8) is 0 Å². The summed E-state index contributed by atoms with van der Waals surface area (Å²) < 4.78 is 23.0. The summed E-state index contributed by atoms with van der Waals surface area (Å²) in [5, 5.41) is 28.7. The number of primary sulfonamides is 1. The van der Waals surface area contributed by atoms with Crippen LogP contribution in [-0.4, -0.2) is 49.7 Å². The molecule has 0 bridgehead atoms. The Labute approximate surface area is 174 Å². The van der Waals surface area contributed by atoms with Crippen molar-refractivity contribution < 1.29 is 13.3 Å². The fourth-order valence-electron chi connectivity index (χ4n) is 3.08. The molecule has 0 spiro atoms. The molecule has 0 radical (unpaired) electrons. The number of benzene rings is 1. The molecule has 1 aromatic carbocycles. The number of thiophene rings is 1. The Morgan fingerprint density at radius 2 is 1.83 bits per heavy atom. The van der Waals surface area contributed by atoms with Gasteiger partial charge in [0.2, 0.25) is 15.2 Å². The van der Waals surface area contributed by atoms with E-state index in [9.17, 15) is 18.5 Å². The molecule has 0 aliphatic carbocycles. The van der Waals surface area contributed by atoms with Gasteiger partial charge in [-0.05, 0) is 23.6 Å². The zero-order chi connectivity index (χ0) is 20.6. The molecule has 29 heavy (non-hydrogen) atoms. The van der Waals surface area contributed by atoms with Gasteiger partial charge in [0.05, 0.1) is 14.7 Å². The minimum Gasteiger partial charge on any atom is -0.362 e. The van der Waals surface area contributed by atoms with Gasteiger partial charge in [-0.15, -0.1) is 21.5 Å². The first kappa shape index (κ1) is 19.7. The zero-order valence-electron chi connectivity index (χ0n) is 15.0. The number of nitro groups is 1. The van der Waals surface area contributed by atoms with Crippen LogP contribution in [0.15, 0.2) is 40.6 Å². The van der Waals surface area contributed by atoms with Gasteiger partial charge in [-0.1, -0.05) is 17.4 Å². The van der Waals surface area contributed by atoms with E-state index in [1.807, 2.05) is 22.4 Å². The van der Waals surface area contributed by atoms with Gasteiger partial charge < -0.3 is 9.80 Å². The highest BCUT2D eigenvalue weighted by molar-refractivity contribution is 7.89. The van der Waals surface area contributed by atoms with Crippen LogP contribution in [0.25, 0.3) is 9.88 Å². The van der Waals surface area contributed by atoms with Crippen LogP contribution in [0.1, 0.15) is 0 Å². The molecule has 1 fully saturated rings. The van der Waals surface area contributed by atoms with Gasteiger partial charge in [0.1, 0.15) is 5.69 Å². The molecular weight excluding hydrogens is 436 g/mol. The largest absolute Gasteiger partial charge is 0.362 e. The van der Waals surface area contributed by atoms with Crippen molar-refractivity contribution >= 4 is 49.2 Å². The maximum Gasteiger partial charge on any atom is 0.293 e. The molecule has 1 saturated heterocycles. The quantitative estimate of drug-likeness (QED) is 0.459. The summed E-state index contributed by atoms with van der Waals surface area (Å²) in [5.74, 6) is 0. The predicted octanol–water partition coefficient (Wildman–Crippen LogP) is 2.15. The molecule has 13 heteroatoms. The number of rotatable bonds is 5. The summed E-state index contributed by atoms with van der Waals surface area (Å²) in [6.07, 6.45) is 0. The maximum absolute atomic E-state index is 11.5. The summed E-state index contributed by atoms with van der Waals surface area (Å²) in [6.45, 7) is 2.30.